The summed E-state index contributed by atoms with van der Waals surface area (Å²) in [6.45, 7) is 1.36. The van der Waals surface area contributed by atoms with E-state index in [2.05, 4.69) is 10.3 Å². The molecule has 0 radical (unpaired) electrons. The number of nitrogens with zero attached hydrogens (tertiary/aromatic N) is 3. The van der Waals surface area contributed by atoms with Gasteiger partial charge >= 0.3 is 0 Å². The zero-order chi connectivity index (χ0) is 28.2. The number of methoxy groups -OCH3 is 1. The lowest BCUT2D eigenvalue weighted by Gasteiger charge is -2.17. The topological polar surface area (TPSA) is 120 Å². The summed E-state index contributed by atoms with van der Waals surface area (Å²) < 4.78 is 20.4. The summed E-state index contributed by atoms with van der Waals surface area (Å²) in [4.78, 5) is 45.7. The number of likely N-dealkylation sites (tertiary alicyclic amines) is 1. The first-order chi connectivity index (χ1) is 19.3. The fourth-order valence-corrected chi connectivity index (χ4v) is 4.77. The van der Waals surface area contributed by atoms with Gasteiger partial charge in [-0.2, -0.15) is 0 Å². The summed E-state index contributed by atoms with van der Waals surface area (Å²) >= 11 is 0. The Morgan fingerprint density at radius 3 is 2.35 bits per heavy atom. The number of amides is 2. The second-order valence-electron chi connectivity index (χ2n) is 9.52. The van der Waals surface area contributed by atoms with Crippen LogP contribution in [0.5, 0.6) is 5.75 Å². The maximum Gasteiger partial charge on any atom is 0.261 e. The van der Waals surface area contributed by atoms with Gasteiger partial charge in [0.05, 0.1) is 12.7 Å². The molecule has 2 aromatic heterocycles. The van der Waals surface area contributed by atoms with Crippen LogP contribution in [0.2, 0.25) is 0 Å². The zero-order valence-corrected chi connectivity index (χ0v) is 21.9. The molecule has 2 aromatic carbocycles. The second kappa shape index (κ2) is 11.4. The van der Waals surface area contributed by atoms with Gasteiger partial charge in [0.1, 0.15) is 28.5 Å². The highest BCUT2D eigenvalue weighted by Crippen LogP contribution is 2.34. The first-order valence-corrected chi connectivity index (χ1v) is 12.8. The van der Waals surface area contributed by atoms with E-state index >= 15 is 0 Å². The Labute approximate surface area is 230 Å². The van der Waals surface area contributed by atoms with Crippen LogP contribution < -0.4 is 21.2 Å². The van der Waals surface area contributed by atoms with E-state index in [-0.39, 0.29) is 23.5 Å². The van der Waals surface area contributed by atoms with Gasteiger partial charge in [0.2, 0.25) is 5.43 Å². The summed E-state index contributed by atoms with van der Waals surface area (Å²) in [5.74, 6) is -0.565. The predicted octanol–water partition coefficient (Wildman–Crippen LogP) is 4.18. The van der Waals surface area contributed by atoms with Crippen LogP contribution in [0.1, 0.15) is 39.1 Å². The minimum Gasteiger partial charge on any atom is -0.496 e. The van der Waals surface area contributed by atoms with Crippen molar-refractivity contribution in [3.05, 3.63) is 106 Å². The Bertz CT molecular complexity index is 1610. The molecule has 40 heavy (non-hydrogen) atoms. The van der Waals surface area contributed by atoms with Crippen LogP contribution >= 0.6 is 0 Å². The highest BCUT2D eigenvalue weighted by molar-refractivity contribution is 6.06. The number of benzene rings is 2. The van der Waals surface area contributed by atoms with Crippen molar-refractivity contribution in [1.82, 2.24) is 14.5 Å². The van der Waals surface area contributed by atoms with E-state index in [1.54, 1.807) is 58.1 Å². The number of carbonyl (C=O) groups excluding carboxylic acids is 2. The van der Waals surface area contributed by atoms with Gasteiger partial charge < -0.3 is 25.3 Å². The van der Waals surface area contributed by atoms with Crippen LogP contribution in [0.25, 0.3) is 11.1 Å². The average molecular weight is 542 g/mol. The van der Waals surface area contributed by atoms with Gasteiger partial charge in [0.25, 0.3) is 11.8 Å². The number of nitrogen functional groups attached to an aromatic ring is 1. The molecule has 0 atom stereocenters. The number of pyridine rings is 2. The van der Waals surface area contributed by atoms with Crippen LogP contribution in [-0.4, -0.2) is 46.5 Å². The molecule has 0 bridgehead atoms. The van der Waals surface area contributed by atoms with E-state index < -0.39 is 17.2 Å². The second-order valence-corrected chi connectivity index (χ2v) is 9.52. The van der Waals surface area contributed by atoms with Crippen LogP contribution in [-0.2, 0) is 6.54 Å². The summed E-state index contributed by atoms with van der Waals surface area (Å²) in [7, 11) is 1.54. The van der Waals surface area contributed by atoms with E-state index in [4.69, 9.17) is 10.5 Å². The van der Waals surface area contributed by atoms with Gasteiger partial charge in [0.15, 0.2) is 0 Å². The standard InChI is InChI=1S/C30H28FN5O4/c1-40-25-12-13-33-28(32)26(25)20-6-10-22(11-7-20)34-29(38)23-17-35(16-19-4-8-21(31)9-5-19)18-24(27(23)37)30(39)36-14-2-3-15-36/h4-13,17-18H,2-3,14-16H2,1H3,(H2,32,33)(H,34,38). The molecule has 0 saturated carbocycles. The Morgan fingerprint density at radius 1 is 1.00 bits per heavy atom. The largest absolute Gasteiger partial charge is 0.496 e. The third-order valence-electron chi connectivity index (χ3n) is 6.82. The predicted molar refractivity (Wildman–Crippen MR) is 150 cm³/mol. The van der Waals surface area contributed by atoms with Crippen LogP contribution in [0, 0.1) is 5.82 Å². The van der Waals surface area contributed by atoms with Crippen molar-refractivity contribution in [2.45, 2.75) is 19.4 Å². The Balaban J connectivity index is 1.45. The van der Waals surface area contributed by atoms with Crippen molar-refractivity contribution in [3.63, 3.8) is 0 Å². The van der Waals surface area contributed by atoms with Gasteiger partial charge in [-0.3, -0.25) is 14.4 Å². The smallest absolute Gasteiger partial charge is 0.261 e. The molecule has 10 heteroatoms. The molecule has 1 saturated heterocycles. The number of aromatic nitrogens is 2. The number of hydrogen-bond acceptors (Lipinski definition) is 6. The fraction of sp³-hybridized carbons (Fsp3) is 0.200. The molecule has 3 N–H and O–H groups in total. The van der Waals surface area contributed by atoms with E-state index in [0.29, 0.717) is 35.9 Å². The van der Waals surface area contributed by atoms with Gasteiger partial charge in [-0.05, 0) is 54.3 Å². The zero-order valence-electron chi connectivity index (χ0n) is 21.9. The van der Waals surface area contributed by atoms with E-state index in [9.17, 15) is 18.8 Å². The molecule has 4 aromatic rings. The number of nitrogens with two attached hydrogens (primary N) is 1. The average Bonchev–Trinajstić information content (AvgIpc) is 3.50. The van der Waals surface area contributed by atoms with Crippen LogP contribution in [0.4, 0.5) is 15.9 Å². The molecule has 0 spiro atoms. The van der Waals surface area contributed by atoms with Gasteiger partial charge in [-0.15, -0.1) is 0 Å². The van der Waals surface area contributed by atoms with Crippen molar-refractivity contribution in [2.75, 3.05) is 31.2 Å². The van der Waals surface area contributed by atoms with Gasteiger partial charge in [0, 0.05) is 43.9 Å². The maximum atomic E-state index is 13.4. The highest BCUT2D eigenvalue weighted by atomic mass is 19.1. The first-order valence-electron chi connectivity index (χ1n) is 12.8. The van der Waals surface area contributed by atoms with Crippen molar-refractivity contribution in [3.8, 4) is 16.9 Å². The lowest BCUT2D eigenvalue weighted by Crippen LogP contribution is -2.35. The summed E-state index contributed by atoms with van der Waals surface area (Å²) in [6.07, 6.45) is 6.16. The number of nitrogens with one attached hydrogen (secondary N) is 1. The minimum atomic E-state index is -0.653. The number of anilines is 2. The molecule has 1 fully saturated rings. The maximum absolute atomic E-state index is 13.4. The molecule has 0 unspecified atom stereocenters. The SMILES string of the molecule is COc1ccnc(N)c1-c1ccc(NC(=O)c2cn(Cc3ccc(F)cc3)cc(C(=O)N3CCCC3)c2=O)cc1. The number of carbonyl (C=O) groups is 2. The molecule has 1 aliphatic rings. The molecule has 0 aliphatic carbocycles. The third kappa shape index (κ3) is 5.56. The number of halogens is 1. The lowest BCUT2D eigenvalue weighted by atomic mass is 10.0. The first kappa shape index (κ1) is 26.6. The molecule has 9 nitrogen and oxygen atoms in total. The molecule has 3 heterocycles. The van der Waals surface area contributed by atoms with Gasteiger partial charge in [-0.1, -0.05) is 24.3 Å². The third-order valence-corrected chi connectivity index (χ3v) is 6.82. The van der Waals surface area contributed by atoms with Crippen LogP contribution in [0.15, 0.2) is 78.0 Å². The van der Waals surface area contributed by atoms with E-state index in [1.165, 1.54) is 31.6 Å². The van der Waals surface area contributed by atoms with Crippen molar-refractivity contribution >= 4 is 23.3 Å². The fourth-order valence-electron chi connectivity index (χ4n) is 4.77. The Morgan fingerprint density at radius 2 is 1.68 bits per heavy atom. The molecule has 5 rings (SSSR count). The minimum absolute atomic E-state index is 0.0776. The lowest BCUT2D eigenvalue weighted by molar-refractivity contribution is 0.0790. The number of ether oxygens (including phenoxy) is 1. The highest BCUT2D eigenvalue weighted by Gasteiger charge is 2.25. The van der Waals surface area contributed by atoms with Crippen molar-refractivity contribution in [1.29, 1.82) is 0 Å². The van der Waals surface area contributed by atoms with E-state index in [0.717, 1.165) is 24.0 Å². The quantitative estimate of drug-likeness (QED) is 0.362. The molecule has 204 valence electrons. The normalized spacial score (nSPS) is 12.8. The van der Waals surface area contributed by atoms with Crippen molar-refractivity contribution in [2.24, 2.45) is 0 Å². The monoisotopic (exact) mass is 541 g/mol. The Hall–Kier alpha value is -4.99. The molecule has 1 aliphatic heterocycles. The summed E-state index contributed by atoms with van der Waals surface area (Å²) in [5, 5.41) is 2.75. The van der Waals surface area contributed by atoms with Crippen molar-refractivity contribution < 1.29 is 18.7 Å². The number of hydrogen-bond donors (Lipinski definition) is 2. The summed E-state index contributed by atoms with van der Waals surface area (Å²) in [5.41, 5.74) is 7.71. The number of rotatable bonds is 7. The van der Waals surface area contributed by atoms with Crippen LogP contribution in [0.3, 0.4) is 0 Å². The molecular weight excluding hydrogens is 513 g/mol. The Kier molecular flexibility index (Phi) is 7.59. The van der Waals surface area contributed by atoms with E-state index in [1.807, 2.05) is 0 Å². The van der Waals surface area contributed by atoms with Gasteiger partial charge in [-0.25, -0.2) is 9.37 Å². The molecular formula is C30H28FN5O4. The molecule has 2 amide bonds. The summed E-state index contributed by atoms with van der Waals surface area (Å²) in [6, 6.07) is 14.5.